The molecule has 0 saturated carbocycles. The number of urea groups is 1. The number of imide groups is 1. The summed E-state index contributed by atoms with van der Waals surface area (Å²) in [5.41, 5.74) is 1.24. The van der Waals surface area contributed by atoms with Gasteiger partial charge in [-0.1, -0.05) is 36.4 Å². The van der Waals surface area contributed by atoms with Crippen molar-refractivity contribution in [3.8, 4) is 11.6 Å². The van der Waals surface area contributed by atoms with E-state index in [1.165, 1.54) is 0 Å². The molecule has 2 N–H and O–H groups in total. The monoisotopic (exact) mass is 528 g/mol. The quantitative estimate of drug-likeness (QED) is 0.474. The standard InChI is InChI=1S/C27H24N6O4S/c34-24-22(38-27(36)31-24)11-20-12-23(37-21-9-5-2-6-10-21)30-25(28-20)32-13-17-15-33(16-18(17)14-32)26(35)29-19-7-3-1-4-8-19/h1-12,17-18H,13-16H2,(H,29,35)(H,31,34,36)/b22-11-. The summed E-state index contributed by atoms with van der Waals surface area (Å²) in [4.78, 5) is 50.0. The van der Waals surface area contributed by atoms with Crippen LogP contribution in [0.5, 0.6) is 11.6 Å². The first-order valence-corrected chi connectivity index (χ1v) is 13.0. The van der Waals surface area contributed by atoms with E-state index in [0.717, 1.165) is 17.4 Å². The lowest BCUT2D eigenvalue weighted by Gasteiger charge is -2.22. The Labute approximate surface area is 223 Å². The van der Waals surface area contributed by atoms with Gasteiger partial charge >= 0.3 is 6.03 Å². The predicted octanol–water partition coefficient (Wildman–Crippen LogP) is 4.19. The van der Waals surface area contributed by atoms with Crippen LogP contribution >= 0.6 is 11.8 Å². The number of likely N-dealkylation sites (tertiary alicyclic amines) is 1. The van der Waals surface area contributed by atoms with Gasteiger partial charge in [0.15, 0.2) is 0 Å². The number of thioether (sulfide) groups is 1. The van der Waals surface area contributed by atoms with Gasteiger partial charge in [0.05, 0.1) is 10.6 Å². The number of carbonyl (C=O) groups is 3. The number of para-hydroxylation sites is 2. The van der Waals surface area contributed by atoms with Gasteiger partial charge < -0.3 is 19.9 Å². The Balaban J connectivity index is 1.20. The van der Waals surface area contributed by atoms with Crippen LogP contribution in [0.25, 0.3) is 6.08 Å². The summed E-state index contributed by atoms with van der Waals surface area (Å²) in [5, 5.41) is 4.81. The topological polar surface area (TPSA) is 117 Å². The minimum absolute atomic E-state index is 0.0949. The number of fused-ring (bicyclic) bond motifs is 1. The first-order chi connectivity index (χ1) is 18.5. The third-order valence-electron chi connectivity index (χ3n) is 6.68. The van der Waals surface area contributed by atoms with Crippen molar-refractivity contribution in [1.29, 1.82) is 0 Å². The van der Waals surface area contributed by atoms with Gasteiger partial charge in [-0.2, -0.15) is 4.98 Å². The number of rotatable bonds is 5. The van der Waals surface area contributed by atoms with Crippen molar-refractivity contribution >= 4 is 46.7 Å². The molecular weight excluding hydrogens is 504 g/mol. The summed E-state index contributed by atoms with van der Waals surface area (Å²) in [6, 6.07) is 20.3. The maximum absolute atomic E-state index is 12.8. The second kappa shape index (κ2) is 10.2. The SMILES string of the molecule is O=C1NC(=O)/C(=C/c2cc(Oc3ccccc3)nc(N3CC4CN(C(=O)Nc5ccccc5)CC4C3)n2)S1. The summed E-state index contributed by atoms with van der Waals surface area (Å²) in [6.07, 6.45) is 1.57. The number of carbonyl (C=O) groups excluding carboxylic acids is 3. The van der Waals surface area contributed by atoms with Gasteiger partial charge in [-0.3, -0.25) is 14.9 Å². The molecule has 0 aliphatic carbocycles. The molecule has 4 heterocycles. The number of hydrogen-bond donors (Lipinski definition) is 2. The van der Waals surface area contributed by atoms with Crippen LogP contribution in [0.4, 0.5) is 21.2 Å². The third-order valence-corrected chi connectivity index (χ3v) is 7.49. The fourth-order valence-corrected chi connectivity index (χ4v) is 5.58. The molecule has 4 amide bonds. The molecule has 3 saturated heterocycles. The molecule has 3 fully saturated rings. The highest BCUT2D eigenvalue weighted by atomic mass is 32.2. The molecule has 2 unspecified atom stereocenters. The lowest BCUT2D eigenvalue weighted by molar-refractivity contribution is -0.115. The van der Waals surface area contributed by atoms with Crippen molar-refractivity contribution in [3.63, 3.8) is 0 Å². The fourth-order valence-electron chi connectivity index (χ4n) is 4.91. The van der Waals surface area contributed by atoms with Crippen LogP contribution in [0.15, 0.2) is 71.6 Å². The van der Waals surface area contributed by atoms with Gasteiger partial charge in [-0.15, -0.1) is 0 Å². The van der Waals surface area contributed by atoms with Crippen LogP contribution in [-0.4, -0.2) is 58.2 Å². The Bertz CT molecular complexity index is 1400. The van der Waals surface area contributed by atoms with Gasteiger partial charge in [0, 0.05) is 49.8 Å². The van der Waals surface area contributed by atoms with E-state index >= 15 is 0 Å². The number of nitrogens with one attached hydrogen (secondary N) is 2. The van der Waals surface area contributed by atoms with Crippen molar-refractivity contribution in [2.75, 3.05) is 36.4 Å². The molecule has 2 aromatic carbocycles. The van der Waals surface area contributed by atoms with Crippen LogP contribution in [0.3, 0.4) is 0 Å². The number of benzene rings is 2. The van der Waals surface area contributed by atoms with Crippen LogP contribution in [0.2, 0.25) is 0 Å². The number of ether oxygens (including phenoxy) is 1. The summed E-state index contributed by atoms with van der Waals surface area (Å²) in [7, 11) is 0. The van der Waals surface area contributed by atoms with Gasteiger partial charge in [0.2, 0.25) is 11.8 Å². The molecule has 3 aliphatic rings. The van der Waals surface area contributed by atoms with E-state index in [1.54, 1.807) is 12.1 Å². The van der Waals surface area contributed by atoms with E-state index in [9.17, 15) is 14.4 Å². The van der Waals surface area contributed by atoms with E-state index in [-0.39, 0.29) is 22.8 Å². The third kappa shape index (κ3) is 5.18. The van der Waals surface area contributed by atoms with Gasteiger partial charge in [0.25, 0.3) is 11.1 Å². The lowest BCUT2D eigenvalue weighted by Crippen LogP contribution is -2.36. The predicted molar refractivity (Wildman–Crippen MR) is 144 cm³/mol. The van der Waals surface area contributed by atoms with E-state index in [1.807, 2.05) is 65.6 Å². The average Bonchev–Trinajstić information content (AvgIpc) is 3.58. The zero-order chi connectivity index (χ0) is 26.1. The van der Waals surface area contributed by atoms with Crippen molar-refractivity contribution in [2.45, 2.75) is 0 Å². The highest BCUT2D eigenvalue weighted by Crippen LogP contribution is 2.35. The molecule has 0 bridgehead atoms. The summed E-state index contributed by atoms with van der Waals surface area (Å²) >= 11 is 0.837. The molecule has 38 heavy (non-hydrogen) atoms. The highest BCUT2D eigenvalue weighted by Gasteiger charge is 2.42. The normalized spacial score (nSPS) is 21.5. The van der Waals surface area contributed by atoms with Crippen LogP contribution in [-0.2, 0) is 4.79 Å². The number of anilines is 2. The number of nitrogens with zero attached hydrogens (tertiary/aromatic N) is 4. The summed E-state index contributed by atoms with van der Waals surface area (Å²) in [5.74, 6) is 1.56. The summed E-state index contributed by atoms with van der Waals surface area (Å²) < 4.78 is 5.99. The van der Waals surface area contributed by atoms with Crippen LogP contribution in [0, 0.1) is 11.8 Å². The van der Waals surface area contributed by atoms with E-state index in [2.05, 4.69) is 25.5 Å². The molecule has 0 spiro atoms. The largest absolute Gasteiger partial charge is 0.439 e. The Morgan fingerprint density at radius 2 is 1.66 bits per heavy atom. The second-order valence-corrected chi connectivity index (χ2v) is 10.3. The Hall–Kier alpha value is -4.38. The Morgan fingerprint density at radius 3 is 2.32 bits per heavy atom. The molecule has 11 heteroatoms. The zero-order valence-corrected chi connectivity index (χ0v) is 21.1. The van der Waals surface area contributed by atoms with Gasteiger partial charge in [-0.05, 0) is 42.1 Å². The van der Waals surface area contributed by atoms with E-state index < -0.39 is 11.1 Å². The molecule has 6 rings (SSSR count). The van der Waals surface area contributed by atoms with Crippen LogP contribution in [0.1, 0.15) is 5.69 Å². The minimum atomic E-state index is -0.449. The van der Waals surface area contributed by atoms with Crippen molar-refractivity contribution in [2.24, 2.45) is 11.8 Å². The molecule has 192 valence electrons. The van der Waals surface area contributed by atoms with E-state index in [0.29, 0.717) is 49.5 Å². The average molecular weight is 529 g/mol. The Kier molecular flexibility index (Phi) is 6.42. The molecular formula is C27H24N6O4S. The molecule has 10 nitrogen and oxygen atoms in total. The molecule has 3 aliphatic heterocycles. The van der Waals surface area contributed by atoms with Gasteiger partial charge in [-0.25, -0.2) is 9.78 Å². The molecule has 1 aromatic heterocycles. The number of aromatic nitrogens is 2. The fraction of sp³-hybridized carbons (Fsp3) is 0.222. The zero-order valence-electron chi connectivity index (χ0n) is 20.2. The first-order valence-electron chi connectivity index (χ1n) is 12.2. The molecule has 2 atom stereocenters. The number of hydrogen-bond acceptors (Lipinski definition) is 8. The maximum atomic E-state index is 12.8. The van der Waals surface area contributed by atoms with Crippen LogP contribution < -0.4 is 20.3 Å². The minimum Gasteiger partial charge on any atom is -0.439 e. The highest BCUT2D eigenvalue weighted by molar-refractivity contribution is 8.18. The first kappa shape index (κ1) is 24.0. The molecule has 3 aromatic rings. The Morgan fingerprint density at radius 1 is 0.974 bits per heavy atom. The summed E-state index contributed by atoms with van der Waals surface area (Å²) in [6.45, 7) is 2.68. The van der Waals surface area contributed by atoms with E-state index in [4.69, 9.17) is 4.74 Å². The smallest absolute Gasteiger partial charge is 0.321 e. The van der Waals surface area contributed by atoms with Crippen molar-refractivity contribution < 1.29 is 19.1 Å². The van der Waals surface area contributed by atoms with Crippen molar-refractivity contribution in [3.05, 3.63) is 77.3 Å². The van der Waals surface area contributed by atoms with Gasteiger partial charge in [0.1, 0.15) is 5.75 Å². The number of amides is 4. The molecule has 0 radical (unpaired) electrons. The maximum Gasteiger partial charge on any atom is 0.321 e. The lowest BCUT2D eigenvalue weighted by atomic mass is 10.0. The second-order valence-electron chi connectivity index (χ2n) is 9.32. The van der Waals surface area contributed by atoms with Crippen molar-refractivity contribution in [1.82, 2.24) is 20.2 Å².